The molecule has 0 fully saturated rings. The van der Waals surface area contributed by atoms with Crippen molar-refractivity contribution in [2.75, 3.05) is 33.0 Å². The summed E-state index contributed by atoms with van der Waals surface area (Å²) in [7, 11) is 5.33. The van der Waals surface area contributed by atoms with Crippen LogP contribution in [-0.2, 0) is 6.54 Å². The first kappa shape index (κ1) is 20.4. The average Bonchev–Trinajstić information content (AvgIpc) is 2.61. The number of aromatic nitrogens is 1. The van der Waals surface area contributed by atoms with Gasteiger partial charge in [-0.1, -0.05) is 30.3 Å². The predicted octanol–water partition coefficient (Wildman–Crippen LogP) is 2.43. The number of benzene rings is 1. The third-order valence-electron chi connectivity index (χ3n) is 3.90. The van der Waals surface area contributed by atoms with Crippen LogP contribution in [0.5, 0.6) is 0 Å². The van der Waals surface area contributed by atoms with Gasteiger partial charge in [-0.05, 0) is 31.7 Å². The van der Waals surface area contributed by atoms with Gasteiger partial charge in [0.1, 0.15) is 5.69 Å². The molecule has 2 rings (SSSR count). The zero-order valence-electron chi connectivity index (χ0n) is 16.3. The van der Waals surface area contributed by atoms with Crippen molar-refractivity contribution in [3.8, 4) is 0 Å². The largest absolute Gasteiger partial charge is 0.343 e. The molecule has 0 radical (unpaired) electrons. The maximum atomic E-state index is 12.2. The third-order valence-corrected chi connectivity index (χ3v) is 3.90. The molecule has 0 bridgehead atoms. The number of nitrogens with one attached hydrogen (secondary N) is 2. The minimum Gasteiger partial charge on any atom is -0.343 e. The molecule has 7 nitrogen and oxygen atoms in total. The van der Waals surface area contributed by atoms with Crippen molar-refractivity contribution in [3.05, 3.63) is 59.9 Å². The number of nitrogens with zero attached hydrogens (tertiary/aromatic N) is 3. The van der Waals surface area contributed by atoms with Crippen LogP contribution in [0.1, 0.15) is 23.0 Å². The number of carbonyl (C=O) groups excluding carboxylic acids is 2. The molecular formula is C20H27N5O2. The summed E-state index contributed by atoms with van der Waals surface area (Å²) in [6, 6.07) is 13.0. The fraction of sp³-hybridized carbons (Fsp3) is 0.350. The van der Waals surface area contributed by atoms with Crippen molar-refractivity contribution in [2.24, 2.45) is 0 Å². The Hall–Kier alpha value is -2.93. The van der Waals surface area contributed by atoms with Crippen LogP contribution in [0.25, 0.3) is 0 Å². The maximum absolute atomic E-state index is 12.2. The minimum atomic E-state index is -0.315. The van der Waals surface area contributed by atoms with Gasteiger partial charge in [-0.15, -0.1) is 0 Å². The van der Waals surface area contributed by atoms with Gasteiger partial charge >= 0.3 is 6.03 Å². The van der Waals surface area contributed by atoms with E-state index in [1.54, 1.807) is 26.2 Å². The van der Waals surface area contributed by atoms with Crippen LogP contribution >= 0.6 is 0 Å². The van der Waals surface area contributed by atoms with E-state index in [0.29, 0.717) is 12.2 Å². The first-order valence-electron chi connectivity index (χ1n) is 8.83. The van der Waals surface area contributed by atoms with Crippen LogP contribution < -0.4 is 10.6 Å². The van der Waals surface area contributed by atoms with Crippen LogP contribution in [0.2, 0.25) is 0 Å². The Morgan fingerprint density at radius 2 is 1.81 bits per heavy atom. The van der Waals surface area contributed by atoms with Crippen LogP contribution in [0.3, 0.4) is 0 Å². The summed E-state index contributed by atoms with van der Waals surface area (Å²) in [4.78, 5) is 31.8. The van der Waals surface area contributed by atoms with Crippen LogP contribution in [0, 0.1) is 0 Å². The topological polar surface area (TPSA) is 77.6 Å². The van der Waals surface area contributed by atoms with E-state index in [4.69, 9.17) is 0 Å². The summed E-state index contributed by atoms with van der Waals surface area (Å²) in [5, 5.41) is 5.66. The standard InChI is InChI=1S/C20H27N5O2/c1-15(13-25(4)14-16-8-6-5-7-9-16)22-20(27)23-17-10-11-21-18(12-17)19(26)24(2)3/h5-12,15H,13-14H2,1-4H3,(H2,21,22,23,27)/t15-/m0/s1. The normalized spacial score (nSPS) is 11.7. The molecule has 2 aromatic rings. The van der Waals surface area contributed by atoms with Crippen molar-refractivity contribution in [2.45, 2.75) is 19.5 Å². The second-order valence-corrected chi connectivity index (χ2v) is 6.81. The molecular weight excluding hydrogens is 342 g/mol. The first-order valence-corrected chi connectivity index (χ1v) is 8.83. The van der Waals surface area contributed by atoms with Crippen molar-refractivity contribution >= 4 is 17.6 Å². The Kier molecular flexibility index (Phi) is 7.31. The number of likely N-dealkylation sites (N-methyl/N-ethyl adjacent to an activating group) is 1. The summed E-state index contributed by atoms with van der Waals surface area (Å²) in [6.45, 7) is 3.48. The zero-order chi connectivity index (χ0) is 19.8. The van der Waals surface area contributed by atoms with E-state index in [0.717, 1.165) is 6.54 Å². The van der Waals surface area contributed by atoms with Crippen molar-refractivity contribution in [1.82, 2.24) is 20.1 Å². The lowest BCUT2D eigenvalue weighted by molar-refractivity contribution is 0.0822. The number of amides is 3. The Balaban J connectivity index is 1.84. The molecule has 1 atom stereocenters. The molecule has 0 saturated heterocycles. The van der Waals surface area contributed by atoms with Gasteiger partial charge in [0.2, 0.25) is 0 Å². The average molecular weight is 369 g/mol. The van der Waals surface area contributed by atoms with Gasteiger partial charge in [0.15, 0.2) is 0 Å². The minimum absolute atomic E-state index is 0.0385. The summed E-state index contributed by atoms with van der Waals surface area (Å²) >= 11 is 0. The molecule has 2 N–H and O–H groups in total. The quantitative estimate of drug-likeness (QED) is 0.786. The molecule has 0 spiro atoms. The maximum Gasteiger partial charge on any atom is 0.319 e. The number of anilines is 1. The van der Waals surface area contributed by atoms with Gasteiger partial charge in [0.25, 0.3) is 5.91 Å². The number of hydrogen-bond donors (Lipinski definition) is 2. The fourth-order valence-corrected chi connectivity index (χ4v) is 2.72. The molecule has 27 heavy (non-hydrogen) atoms. The molecule has 0 unspecified atom stereocenters. The summed E-state index contributed by atoms with van der Waals surface area (Å²) in [5.41, 5.74) is 2.04. The Morgan fingerprint density at radius 3 is 2.48 bits per heavy atom. The Bertz CT molecular complexity index is 764. The lowest BCUT2D eigenvalue weighted by Crippen LogP contribution is -2.42. The van der Waals surface area contributed by atoms with E-state index < -0.39 is 0 Å². The highest BCUT2D eigenvalue weighted by molar-refractivity contribution is 5.95. The molecule has 1 aromatic heterocycles. The molecule has 3 amide bonds. The number of urea groups is 1. The van der Waals surface area contributed by atoms with E-state index in [9.17, 15) is 9.59 Å². The van der Waals surface area contributed by atoms with E-state index in [1.807, 2.05) is 32.2 Å². The molecule has 7 heteroatoms. The second kappa shape index (κ2) is 9.68. The molecule has 0 aliphatic heterocycles. The van der Waals surface area contributed by atoms with Crippen molar-refractivity contribution in [1.29, 1.82) is 0 Å². The van der Waals surface area contributed by atoms with E-state index >= 15 is 0 Å². The first-order chi connectivity index (χ1) is 12.8. The smallest absolute Gasteiger partial charge is 0.319 e. The summed E-state index contributed by atoms with van der Waals surface area (Å²) in [5.74, 6) is -0.213. The lowest BCUT2D eigenvalue weighted by atomic mass is 10.2. The van der Waals surface area contributed by atoms with Crippen LogP contribution in [0.4, 0.5) is 10.5 Å². The highest BCUT2D eigenvalue weighted by Gasteiger charge is 2.13. The van der Waals surface area contributed by atoms with Crippen LogP contribution in [0.15, 0.2) is 48.7 Å². The second-order valence-electron chi connectivity index (χ2n) is 6.81. The molecule has 0 saturated carbocycles. The summed E-state index contributed by atoms with van der Waals surface area (Å²) < 4.78 is 0. The zero-order valence-corrected chi connectivity index (χ0v) is 16.3. The van der Waals surface area contributed by atoms with E-state index in [1.165, 1.54) is 16.7 Å². The predicted molar refractivity (Wildman–Crippen MR) is 107 cm³/mol. The lowest BCUT2D eigenvalue weighted by Gasteiger charge is -2.22. The SMILES string of the molecule is C[C@@H](CN(C)Cc1ccccc1)NC(=O)Nc1ccnc(C(=O)N(C)C)c1. The Labute approximate surface area is 160 Å². The van der Waals surface area contributed by atoms with Gasteiger partial charge in [0, 0.05) is 45.1 Å². The molecule has 1 aromatic carbocycles. The van der Waals surface area contributed by atoms with E-state index in [2.05, 4.69) is 32.7 Å². The number of carbonyl (C=O) groups is 2. The number of rotatable bonds is 7. The highest BCUT2D eigenvalue weighted by Crippen LogP contribution is 2.09. The molecule has 0 aliphatic rings. The van der Waals surface area contributed by atoms with Gasteiger partial charge < -0.3 is 20.4 Å². The van der Waals surface area contributed by atoms with Gasteiger partial charge in [0.05, 0.1) is 0 Å². The van der Waals surface area contributed by atoms with Gasteiger partial charge in [-0.2, -0.15) is 0 Å². The summed E-state index contributed by atoms with van der Waals surface area (Å²) in [6.07, 6.45) is 1.50. The van der Waals surface area contributed by atoms with Gasteiger partial charge in [-0.3, -0.25) is 9.78 Å². The molecule has 1 heterocycles. The highest BCUT2D eigenvalue weighted by atomic mass is 16.2. The fourth-order valence-electron chi connectivity index (χ4n) is 2.72. The Morgan fingerprint density at radius 1 is 1.11 bits per heavy atom. The number of pyridine rings is 1. The third kappa shape index (κ3) is 6.71. The van der Waals surface area contributed by atoms with Crippen LogP contribution in [-0.4, -0.2) is 60.5 Å². The molecule has 144 valence electrons. The van der Waals surface area contributed by atoms with E-state index in [-0.39, 0.29) is 23.7 Å². The monoisotopic (exact) mass is 369 g/mol. The number of hydrogen-bond acceptors (Lipinski definition) is 4. The molecule has 0 aliphatic carbocycles. The van der Waals surface area contributed by atoms with Crippen molar-refractivity contribution in [3.63, 3.8) is 0 Å². The van der Waals surface area contributed by atoms with Crippen molar-refractivity contribution < 1.29 is 9.59 Å². The van der Waals surface area contributed by atoms with Gasteiger partial charge in [-0.25, -0.2) is 4.79 Å².